The molecule has 0 saturated heterocycles. The number of carbonyl (C=O) groups excluding carboxylic acids is 1. The van der Waals surface area contributed by atoms with E-state index in [1.54, 1.807) is 18.2 Å². The molecule has 0 radical (unpaired) electrons. The molecule has 1 aliphatic heterocycles. The molecule has 3 heterocycles. The van der Waals surface area contributed by atoms with Crippen LogP contribution in [0.5, 0.6) is 11.5 Å². The van der Waals surface area contributed by atoms with Crippen LogP contribution in [0.15, 0.2) is 67.0 Å². The molecule has 2 aromatic carbocycles. The van der Waals surface area contributed by atoms with Gasteiger partial charge in [0.05, 0.1) is 11.3 Å². The fraction of sp³-hybridized carbons (Fsp3) is 0.130. The lowest BCUT2D eigenvalue weighted by atomic mass is 10.1. The Morgan fingerprint density at radius 2 is 1.86 bits per heavy atom. The Kier molecular flexibility index (Phi) is 4.17. The highest BCUT2D eigenvalue weighted by molar-refractivity contribution is 6.06. The Balaban J connectivity index is 1.38. The molecule has 0 spiro atoms. The Hall–Kier alpha value is -3.80. The first-order valence-electron chi connectivity index (χ1n) is 9.44. The number of pyridine rings is 1. The van der Waals surface area contributed by atoms with Crippen LogP contribution in [0.2, 0.25) is 0 Å². The summed E-state index contributed by atoms with van der Waals surface area (Å²) in [6, 6.07) is 17.0. The molecular weight excluding hydrogens is 366 g/mol. The van der Waals surface area contributed by atoms with Gasteiger partial charge in [0.15, 0.2) is 11.5 Å². The lowest BCUT2D eigenvalue weighted by Crippen LogP contribution is -2.20. The highest BCUT2D eigenvalue weighted by atomic mass is 16.6. The Morgan fingerprint density at radius 1 is 1.03 bits per heavy atom. The van der Waals surface area contributed by atoms with Gasteiger partial charge in [-0.3, -0.25) is 4.79 Å². The number of rotatable bonds is 3. The molecule has 0 bridgehead atoms. The normalized spacial score (nSPS) is 12.7. The van der Waals surface area contributed by atoms with Crippen molar-refractivity contribution >= 4 is 17.2 Å². The summed E-state index contributed by atoms with van der Waals surface area (Å²) in [6.45, 7) is 2.97. The smallest absolute Gasteiger partial charge is 0.259 e. The number of aryl methyl sites for hydroxylation is 1. The minimum absolute atomic E-state index is 0.233. The highest BCUT2D eigenvalue weighted by Crippen LogP contribution is 2.34. The molecular formula is C23H19N3O3. The molecule has 1 N–H and O–H groups in total. The van der Waals surface area contributed by atoms with E-state index in [0.29, 0.717) is 36.0 Å². The molecule has 2 aromatic heterocycles. The van der Waals surface area contributed by atoms with Gasteiger partial charge in [0.2, 0.25) is 0 Å². The maximum absolute atomic E-state index is 12.7. The number of nitrogens with zero attached hydrogens (tertiary/aromatic N) is 2. The number of benzene rings is 2. The van der Waals surface area contributed by atoms with Crippen molar-refractivity contribution in [3.63, 3.8) is 0 Å². The molecule has 6 heteroatoms. The van der Waals surface area contributed by atoms with Gasteiger partial charge >= 0.3 is 0 Å². The van der Waals surface area contributed by atoms with E-state index in [9.17, 15) is 4.79 Å². The molecule has 5 rings (SSSR count). The van der Waals surface area contributed by atoms with Gasteiger partial charge in [-0.1, -0.05) is 24.3 Å². The molecule has 0 saturated carbocycles. The van der Waals surface area contributed by atoms with Crippen LogP contribution < -0.4 is 14.8 Å². The van der Waals surface area contributed by atoms with Crippen molar-refractivity contribution in [2.75, 3.05) is 18.5 Å². The second-order valence-electron chi connectivity index (χ2n) is 6.91. The van der Waals surface area contributed by atoms with E-state index in [1.165, 1.54) is 0 Å². The maximum atomic E-state index is 12.7. The lowest BCUT2D eigenvalue weighted by Gasteiger charge is -2.20. The number of aromatic nitrogens is 2. The number of imidazole rings is 1. The number of nitrogens with one attached hydrogen (secondary N) is 1. The lowest BCUT2D eigenvalue weighted by molar-refractivity contribution is 0.101. The monoisotopic (exact) mass is 385 g/mol. The molecule has 0 unspecified atom stereocenters. The zero-order chi connectivity index (χ0) is 19.8. The number of carbonyl (C=O) groups is 1. The van der Waals surface area contributed by atoms with Crippen molar-refractivity contribution in [1.82, 2.24) is 9.38 Å². The summed E-state index contributed by atoms with van der Waals surface area (Å²) in [6.07, 6.45) is 3.99. The molecule has 6 nitrogen and oxygen atoms in total. The fourth-order valence-electron chi connectivity index (χ4n) is 3.47. The van der Waals surface area contributed by atoms with Crippen LogP contribution in [0.1, 0.15) is 15.9 Å². The fourth-order valence-corrected chi connectivity index (χ4v) is 3.47. The third-order valence-corrected chi connectivity index (χ3v) is 4.93. The van der Waals surface area contributed by atoms with E-state index in [4.69, 9.17) is 14.5 Å². The van der Waals surface area contributed by atoms with Gasteiger partial charge < -0.3 is 19.2 Å². The van der Waals surface area contributed by atoms with E-state index in [0.717, 1.165) is 22.5 Å². The number of ether oxygens (including phenoxy) is 2. The van der Waals surface area contributed by atoms with Crippen LogP contribution in [0.4, 0.5) is 5.69 Å². The van der Waals surface area contributed by atoms with Gasteiger partial charge in [0, 0.05) is 23.6 Å². The highest BCUT2D eigenvalue weighted by Gasteiger charge is 2.20. The zero-order valence-electron chi connectivity index (χ0n) is 15.9. The minimum atomic E-state index is -0.233. The van der Waals surface area contributed by atoms with Gasteiger partial charge in [-0.05, 0) is 42.8 Å². The van der Waals surface area contributed by atoms with Crippen LogP contribution in [0.3, 0.4) is 0 Å². The molecule has 29 heavy (non-hydrogen) atoms. The van der Waals surface area contributed by atoms with Gasteiger partial charge in [-0.15, -0.1) is 0 Å². The molecule has 4 aromatic rings. The van der Waals surface area contributed by atoms with Gasteiger partial charge in [-0.25, -0.2) is 4.98 Å². The van der Waals surface area contributed by atoms with Crippen LogP contribution >= 0.6 is 0 Å². The first-order valence-corrected chi connectivity index (χ1v) is 9.44. The van der Waals surface area contributed by atoms with E-state index >= 15 is 0 Å². The molecule has 1 aliphatic rings. The van der Waals surface area contributed by atoms with Gasteiger partial charge in [0.25, 0.3) is 5.91 Å². The third-order valence-electron chi connectivity index (χ3n) is 4.93. The topological polar surface area (TPSA) is 64.9 Å². The Morgan fingerprint density at radius 3 is 2.69 bits per heavy atom. The SMILES string of the molecule is Cc1cccn2cc(-c3ccc(NC(=O)c4cccc5c4OCCO5)cc3)nc12. The van der Waals surface area contributed by atoms with Gasteiger partial charge in [0.1, 0.15) is 18.9 Å². The molecule has 144 valence electrons. The van der Waals surface area contributed by atoms with E-state index < -0.39 is 0 Å². The summed E-state index contributed by atoms with van der Waals surface area (Å²) in [4.78, 5) is 17.4. The largest absolute Gasteiger partial charge is 0.486 e. The van der Waals surface area contributed by atoms with Crippen molar-refractivity contribution in [1.29, 1.82) is 0 Å². The summed E-state index contributed by atoms with van der Waals surface area (Å²) < 4.78 is 13.2. The number of hydrogen-bond acceptors (Lipinski definition) is 4. The van der Waals surface area contributed by atoms with E-state index in [1.807, 2.05) is 60.1 Å². The zero-order valence-corrected chi connectivity index (χ0v) is 15.9. The summed E-state index contributed by atoms with van der Waals surface area (Å²) in [5.74, 6) is 0.859. The second kappa shape index (κ2) is 6.98. The van der Waals surface area contributed by atoms with Crippen molar-refractivity contribution in [2.45, 2.75) is 6.92 Å². The predicted molar refractivity (Wildman–Crippen MR) is 111 cm³/mol. The van der Waals surface area contributed by atoms with Crippen molar-refractivity contribution in [3.8, 4) is 22.8 Å². The average molecular weight is 385 g/mol. The number of anilines is 1. The molecule has 0 atom stereocenters. The number of fused-ring (bicyclic) bond motifs is 2. The Labute approximate surface area is 167 Å². The Bertz CT molecular complexity index is 1210. The average Bonchev–Trinajstić information content (AvgIpc) is 3.19. The number of hydrogen-bond donors (Lipinski definition) is 1. The summed E-state index contributed by atoms with van der Waals surface area (Å²) >= 11 is 0. The van der Waals surface area contributed by atoms with Crippen LogP contribution in [-0.2, 0) is 0 Å². The predicted octanol–water partition coefficient (Wildman–Crippen LogP) is 4.33. The van der Waals surface area contributed by atoms with Crippen LogP contribution in [0.25, 0.3) is 16.9 Å². The minimum Gasteiger partial charge on any atom is -0.486 e. The quantitative estimate of drug-likeness (QED) is 0.570. The second-order valence-corrected chi connectivity index (χ2v) is 6.91. The maximum Gasteiger partial charge on any atom is 0.259 e. The first-order chi connectivity index (χ1) is 14.2. The van der Waals surface area contributed by atoms with E-state index in [2.05, 4.69) is 5.32 Å². The first kappa shape index (κ1) is 17.3. The molecule has 0 fully saturated rings. The number of amides is 1. The van der Waals surface area contributed by atoms with Crippen LogP contribution in [-0.4, -0.2) is 28.5 Å². The van der Waals surface area contributed by atoms with E-state index in [-0.39, 0.29) is 5.91 Å². The summed E-state index contributed by atoms with van der Waals surface area (Å²) in [5, 5.41) is 2.92. The number of para-hydroxylation sites is 1. The van der Waals surface area contributed by atoms with Crippen LogP contribution in [0, 0.1) is 6.92 Å². The summed E-state index contributed by atoms with van der Waals surface area (Å²) in [5.41, 5.74) is 5.10. The van der Waals surface area contributed by atoms with Crippen molar-refractivity contribution in [3.05, 3.63) is 78.1 Å². The third kappa shape index (κ3) is 3.18. The van der Waals surface area contributed by atoms with Crippen molar-refractivity contribution in [2.24, 2.45) is 0 Å². The summed E-state index contributed by atoms with van der Waals surface area (Å²) in [7, 11) is 0. The standard InChI is InChI=1S/C23H19N3O3/c1-15-4-3-11-26-14-19(25-22(15)26)16-7-9-17(10-8-16)24-23(27)18-5-2-6-20-21(18)29-13-12-28-20/h2-11,14H,12-13H2,1H3,(H,24,27). The molecule has 0 aliphatic carbocycles. The van der Waals surface area contributed by atoms with Gasteiger partial charge in [-0.2, -0.15) is 0 Å². The molecule has 1 amide bonds. The van der Waals surface area contributed by atoms with Crippen molar-refractivity contribution < 1.29 is 14.3 Å².